The predicted octanol–water partition coefficient (Wildman–Crippen LogP) is 2.17. The fourth-order valence-corrected chi connectivity index (χ4v) is 3.88. The Kier molecular flexibility index (Phi) is 6.10. The number of hydrogen-bond donors (Lipinski definition) is 0. The maximum atomic E-state index is 5.50. The number of ether oxygens (including phenoxy) is 1. The largest absolute Gasteiger partial charge is 0.379 e. The summed E-state index contributed by atoms with van der Waals surface area (Å²) < 4.78 is 5.50. The van der Waals surface area contributed by atoms with Crippen LogP contribution < -0.4 is 0 Å². The van der Waals surface area contributed by atoms with E-state index in [0.29, 0.717) is 6.04 Å². The van der Waals surface area contributed by atoms with E-state index in [1.807, 2.05) is 0 Å². The molecule has 140 valence electrons. The van der Waals surface area contributed by atoms with Crippen molar-refractivity contribution in [2.75, 3.05) is 39.4 Å². The zero-order chi connectivity index (χ0) is 18.3. The van der Waals surface area contributed by atoms with Gasteiger partial charge in [-0.05, 0) is 37.1 Å². The van der Waals surface area contributed by atoms with Crippen molar-refractivity contribution >= 4 is 0 Å². The highest BCUT2D eigenvalue weighted by molar-refractivity contribution is 5.41. The molecule has 5 nitrogen and oxygen atoms in total. The van der Waals surface area contributed by atoms with Crippen LogP contribution in [0.5, 0.6) is 0 Å². The number of hydrogen-bond acceptors (Lipinski definition) is 5. The van der Waals surface area contributed by atoms with E-state index < -0.39 is 0 Å². The molecule has 0 radical (unpaired) electrons. The molecule has 5 heteroatoms. The molecule has 0 bridgehead atoms. The van der Waals surface area contributed by atoms with Crippen LogP contribution in [0.15, 0.2) is 43.0 Å². The van der Waals surface area contributed by atoms with E-state index in [1.54, 1.807) is 12.4 Å². The number of piperidine rings is 1. The van der Waals surface area contributed by atoms with Gasteiger partial charge in [0.2, 0.25) is 0 Å². The Bertz CT molecular complexity index is 775. The maximum absolute atomic E-state index is 5.50. The van der Waals surface area contributed by atoms with Gasteiger partial charge in [-0.1, -0.05) is 24.0 Å². The molecule has 1 aromatic heterocycles. The average Bonchev–Trinajstić information content (AvgIpc) is 2.75. The topological polar surface area (TPSA) is 41.5 Å². The van der Waals surface area contributed by atoms with Crippen LogP contribution in [0, 0.1) is 11.8 Å². The Balaban J connectivity index is 1.33. The minimum absolute atomic E-state index is 0.681. The lowest BCUT2D eigenvalue weighted by molar-refractivity contribution is -0.00358. The zero-order valence-corrected chi connectivity index (χ0v) is 15.7. The highest BCUT2D eigenvalue weighted by atomic mass is 16.5. The number of rotatable bonds is 3. The first kappa shape index (κ1) is 18.1. The van der Waals surface area contributed by atoms with Crippen molar-refractivity contribution in [3.05, 3.63) is 59.7 Å². The molecule has 4 rings (SSSR count). The minimum Gasteiger partial charge on any atom is -0.379 e. The third-order valence-corrected chi connectivity index (χ3v) is 5.31. The van der Waals surface area contributed by atoms with E-state index in [2.05, 4.69) is 55.9 Å². The molecule has 0 spiro atoms. The first-order valence-corrected chi connectivity index (χ1v) is 9.77. The van der Waals surface area contributed by atoms with E-state index in [9.17, 15) is 0 Å². The summed E-state index contributed by atoms with van der Waals surface area (Å²) in [5, 5.41) is 0. The Morgan fingerprint density at radius 3 is 2.48 bits per heavy atom. The third kappa shape index (κ3) is 5.14. The zero-order valence-electron chi connectivity index (χ0n) is 15.7. The Labute approximate surface area is 161 Å². The fourth-order valence-electron chi connectivity index (χ4n) is 3.88. The Hall–Kier alpha value is -2.26. The van der Waals surface area contributed by atoms with Crippen molar-refractivity contribution in [2.45, 2.75) is 25.4 Å². The van der Waals surface area contributed by atoms with Gasteiger partial charge in [0, 0.05) is 50.2 Å². The molecule has 2 aromatic rings. The van der Waals surface area contributed by atoms with Crippen molar-refractivity contribution in [3.8, 4) is 11.8 Å². The molecule has 0 amide bonds. The molecule has 1 unspecified atom stereocenters. The van der Waals surface area contributed by atoms with Crippen LogP contribution in [-0.4, -0.2) is 65.2 Å². The summed E-state index contributed by atoms with van der Waals surface area (Å²) in [4.78, 5) is 13.2. The van der Waals surface area contributed by atoms with E-state index in [4.69, 9.17) is 4.74 Å². The van der Waals surface area contributed by atoms with E-state index in [1.165, 1.54) is 31.3 Å². The summed E-state index contributed by atoms with van der Waals surface area (Å²) in [6.45, 7) is 7.30. The maximum Gasteiger partial charge on any atom is 0.115 e. The molecule has 1 aromatic carbocycles. The van der Waals surface area contributed by atoms with Gasteiger partial charge >= 0.3 is 0 Å². The molecular formula is C22H26N4O. The summed E-state index contributed by atoms with van der Waals surface area (Å²) in [6.07, 6.45) is 7.58. The van der Waals surface area contributed by atoms with Crippen LogP contribution in [0.3, 0.4) is 0 Å². The van der Waals surface area contributed by atoms with Crippen molar-refractivity contribution in [1.82, 2.24) is 19.8 Å². The first-order chi connectivity index (χ1) is 13.4. The summed E-state index contributed by atoms with van der Waals surface area (Å²) in [6, 6.07) is 9.29. The van der Waals surface area contributed by atoms with Crippen molar-refractivity contribution in [2.24, 2.45) is 0 Å². The second kappa shape index (κ2) is 9.09. The Morgan fingerprint density at radius 2 is 1.70 bits per heavy atom. The fraction of sp³-hybridized carbons (Fsp3) is 0.455. The monoisotopic (exact) mass is 362 g/mol. The molecule has 0 N–H and O–H groups in total. The molecule has 2 aliphatic heterocycles. The molecule has 0 saturated carbocycles. The van der Waals surface area contributed by atoms with Crippen LogP contribution >= 0.6 is 0 Å². The third-order valence-electron chi connectivity index (χ3n) is 5.31. The summed E-state index contributed by atoms with van der Waals surface area (Å²) >= 11 is 0. The second-order valence-corrected chi connectivity index (χ2v) is 7.25. The normalized spacial score (nSPS) is 21.4. The number of benzene rings is 1. The molecule has 2 aliphatic rings. The highest BCUT2D eigenvalue weighted by Crippen LogP contribution is 2.19. The molecule has 27 heavy (non-hydrogen) atoms. The summed E-state index contributed by atoms with van der Waals surface area (Å²) in [5.74, 6) is 6.28. The molecule has 1 atom stereocenters. The highest BCUT2D eigenvalue weighted by Gasteiger charge is 2.26. The van der Waals surface area contributed by atoms with Gasteiger partial charge in [0.1, 0.15) is 6.33 Å². The molecular weight excluding hydrogens is 336 g/mol. The SMILES string of the molecule is C(#Cc1cncnc1)c1ccc(CN2CCCC(N3CCOCC3)C2)cc1. The van der Waals surface area contributed by atoms with Gasteiger partial charge in [-0.2, -0.15) is 0 Å². The molecule has 3 heterocycles. The van der Waals surface area contributed by atoms with Gasteiger partial charge < -0.3 is 4.74 Å². The lowest BCUT2D eigenvalue weighted by Gasteiger charge is -2.40. The molecule has 2 fully saturated rings. The summed E-state index contributed by atoms with van der Waals surface area (Å²) in [5.41, 5.74) is 3.21. The molecule has 2 saturated heterocycles. The van der Waals surface area contributed by atoms with Crippen LogP contribution in [0.4, 0.5) is 0 Å². The first-order valence-electron chi connectivity index (χ1n) is 9.77. The average molecular weight is 362 g/mol. The van der Waals surface area contributed by atoms with Crippen LogP contribution in [0.1, 0.15) is 29.5 Å². The van der Waals surface area contributed by atoms with Gasteiger partial charge in [0.25, 0.3) is 0 Å². The van der Waals surface area contributed by atoms with E-state index >= 15 is 0 Å². The number of aromatic nitrogens is 2. The van der Waals surface area contributed by atoms with E-state index in [-0.39, 0.29) is 0 Å². The number of likely N-dealkylation sites (tertiary alicyclic amines) is 1. The predicted molar refractivity (Wildman–Crippen MR) is 105 cm³/mol. The summed E-state index contributed by atoms with van der Waals surface area (Å²) in [7, 11) is 0. The lowest BCUT2D eigenvalue weighted by atomic mass is 10.0. The van der Waals surface area contributed by atoms with Crippen LogP contribution in [-0.2, 0) is 11.3 Å². The Morgan fingerprint density at radius 1 is 0.963 bits per heavy atom. The number of nitrogens with zero attached hydrogens (tertiary/aromatic N) is 4. The van der Waals surface area contributed by atoms with Gasteiger partial charge in [0.05, 0.1) is 18.8 Å². The van der Waals surface area contributed by atoms with E-state index in [0.717, 1.165) is 50.5 Å². The smallest absolute Gasteiger partial charge is 0.115 e. The van der Waals surface area contributed by atoms with Crippen molar-refractivity contribution in [1.29, 1.82) is 0 Å². The lowest BCUT2D eigenvalue weighted by Crippen LogP contribution is -2.51. The van der Waals surface area contributed by atoms with Gasteiger partial charge in [0.15, 0.2) is 0 Å². The van der Waals surface area contributed by atoms with Crippen LogP contribution in [0.2, 0.25) is 0 Å². The van der Waals surface area contributed by atoms with Gasteiger partial charge in [-0.3, -0.25) is 9.80 Å². The quantitative estimate of drug-likeness (QED) is 0.783. The standard InChI is InChI=1S/C22H26N4O/c1-2-22(26-10-12-27-13-11-26)17-25(9-1)16-20-6-3-19(4-7-20)5-8-21-14-23-18-24-15-21/h3-4,6-7,14-15,18,22H,1-2,9-13,16-17H2. The molecule has 0 aliphatic carbocycles. The van der Waals surface area contributed by atoms with Crippen LogP contribution in [0.25, 0.3) is 0 Å². The van der Waals surface area contributed by atoms with Crippen molar-refractivity contribution < 1.29 is 4.74 Å². The number of morpholine rings is 1. The van der Waals surface area contributed by atoms with Gasteiger partial charge in [-0.15, -0.1) is 0 Å². The minimum atomic E-state index is 0.681. The second-order valence-electron chi connectivity index (χ2n) is 7.25. The van der Waals surface area contributed by atoms with Crippen molar-refractivity contribution in [3.63, 3.8) is 0 Å². The van der Waals surface area contributed by atoms with Gasteiger partial charge in [-0.25, -0.2) is 9.97 Å².